The van der Waals surface area contributed by atoms with Crippen LogP contribution in [0.5, 0.6) is 0 Å². The Labute approximate surface area is 286 Å². The van der Waals surface area contributed by atoms with E-state index in [1.54, 1.807) is 0 Å². The highest BCUT2D eigenvalue weighted by Gasteiger charge is 2.44. The Kier molecular flexibility index (Phi) is 28.2. The second-order valence-electron chi connectivity index (χ2n) is 13.7. The van der Waals surface area contributed by atoms with Crippen molar-refractivity contribution >= 4 is 5.91 Å². The fourth-order valence-electron chi connectivity index (χ4n) is 6.17. The van der Waals surface area contributed by atoms with Gasteiger partial charge in [-0.3, -0.25) is 4.79 Å². The molecule has 10 nitrogen and oxygen atoms in total. The van der Waals surface area contributed by atoms with E-state index in [4.69, 9.17) is 14.2 Å². The summed E-state index contributed by atoms with van der Waals surface area (Å²) in [5.74, 6) is -0.253. The van der Waals surface area contributed by atoms with Gasteiger partial charge in [-0.15, -0.1) is 0 Å². The number of hydrogen-bond donors (Lipinski definition) is 6. The molecule has 6 N–H and O–H groups in total. The molecular weight excluding hydrogens is 602 g/mol. The van der Waals surface area contributed by atoms with Crippen molar-refractivity contribution in [3.63, 3.8) is 0 Å². The molecule has 0 spiro atoms. The second-order valence-corrected chi connectivity index (χ2v) is 13.7. The SMILES string of the molecule is CCCCCCCCCCCCCCOC(CCCCCCCCCCC)CC(=O)N[C@@H](CO)CO[C@H]1O[C@H](CO)[C@H](O)[C@H](O)[C@H]1O. The molecule has 1 rings (SSSR count). The Morgan fingerprint density at radius 3 is 1.66 bits per heavy atom. The van der Waals surface area contributed by atoms with Crippen molar-refractivity contribution in [3.05, 3.63) is 0 Å². The molecule has 10 heteroatoms. The molecule has 1 aliphatic rings. The molecule has 1 amide bonds. The average molecular weight is 676 g/mol. The number of carbonyl (C=O) groups excluding carboxylic acids is 1. The predicted octanol–water partition coefficient (Wildman–Crippen LogP) is 5.68. The number of nitrogens with one attached hydrogen (secondary N) is 1. The molecule has 47 heavy (non-hydrogen) atoms. The van der Waals surface area contributed by atoms with E-state index >= 15 is 0 Å². The Hall–Kier alpha value is -0.850. The molecule has 0 bridgehead atoms. The topological polar surface area (TPSA) is 158 Å². The fourth-order valence-corrected chi connectivity index (χ4v) is 6.17. The highest BCUT2D eigenvalue weighted by atomic mass is 16.7. The lowest BCUT2D eigenvalue weighted by atomic mass is 9.99. The van der Waals surface area contributed by atoms with Gasteiger partial charge in [-0.2, -0.15) is 0 Å². The third-order valence-electron chi connectivity index (χ3n) is 9.29. The van der Waals surface area contributed by atoms with Crippen molar-refractivity contribution in [2.75, 3.05) is 26.4 Å². The number of ether oxygens (including phenoxy) is 3. The van der Waals surface area contributed by atoms with Gasteiger partial charge in [-0.25, -0.2) is 0 Å². The van der Waals surface area contributed by atoms with E-state index in [1.165, 1.54) is 109 Å². The first-order valence-electron chi connectivity index (χ1n) is 19.3. The maximum Gasteiger partial charge on any atom is 0.222 e. The van der Waals surface area contributed by atoms with Crippen molar-refractivity contribution in [2.45, 2.75) is 204 Å². The molecule has 0 aliphatic carbocycles. The number of unbranched alkanes of at least 4 members (excludes halogenated alkanes) is 19. The molecule has 7 atom stereocenters. The van der Waals surface area contributed by atoms with Crippen LogP contribution in [0.25, 0.3) is 0 Å². The van der Waals surface area contributed by atoms with Gasteiger partial charge in [0.1, 0.15) is 24.4 Å². The van der Waals surface area contributed by atoms with E-state index in [0.717, 1.165) is 32.1 Å². The van der Waals surface area contributed by atoms with Crippen molar-refractivity contribution in [3.8, 4) is 0 Å². The van der Waals surface area contributed by atoms with Crippen LogP contribution in [0, 0.1) is 0 Å². The van der Waals surface area contributed by atoms with Gasteiger partial charge in [0.15, 0.2) is 6.29 Å². The van der Waals surface area contributed by atoms with Gasteiger partial charge in [-0.1, -0.05) is 142 Å². The summed E-state index contributed by atoms with van der Waals surface area (Å²) >= 11 is 0. The number of aliphatic hydroxyl groups is 5. The maximum atomic E-state index is 13.0. The largest absolute Gasteiger partial charge is 0.394 e. The number of aliphatic hydroxyl groups excluding tert-OH is 5. The normalized spacial score (nSPS) is 22.7. The van der Waals surface area contributed by atoms with Crippen LogP contribution in [0.2, 0.25) is 0 Å². The second kappa shape index (κ2) is 30.0. The highest BCUT2D eigenvalue weighted by molar-refractivity contribution is 5.76. The van der Waals surface area contributed by atoms with E-state index in [0.29, 0.717) is 6.61 Å². The zero-order valence-corrected chi connectivity index (χ0v) is 30.0. The van der Waals surface area contributed by atoms with Crippen molar-refractivity contribution in [1.29, 1.82) is 0 Å². The summed E-state index contributed by atoms with van der Waals surface area (Å²) in [6.45, 7) is 3.98. The molecule has 280 valence electrons. The van der Waals surface area contributed by atoms with Crippen molar-refractivity contribution in [1.82, 2.24) is 5.32 Å². The standard InChI is InChI=1S/C37H73NO9/c1-3-5-7-9-11-13-14-15-17-19-21-23-25-45-31(24-22-20-18-16-12-10-8-6-4-2)26-33(41)38-30(27-39)29-46-37-36(44)35(43)34(42)32(28-40)47-37/h30-32,34-37,39-40,42-44H,3-29H2,1-2H3,(H,38,41)/t30-,31?,32+,34-,35-,36+,37-/m0/s1. The highest BCUT2D eigenvalue weighted by Crippen LogP contribution is 2.22. The molecule has 0 radical (unpaired) electrons. The molecule has 1 unspecified atom stereocenters. The van der Waals surface area contributed by atoms with Gasteiger partial charge in [0.25, 0.3) is 0 Å². The van der Waals surface area contributed by atoms with E-state index in [2.05, 4.69) is 19.2 Å². The minimum absolute atomic E-state index is 0.186. The van der Waals surface area contributed by atoms with Crippen LogP contribution in [0.3, 0.4) is 0 Å². The Balaban J connectivity index is 2.43. The Morgan fingerprint density at radius 2 is 1.17 bits per heavy atom. The van der Waals surface area contributed by atoms with Gasteiger partial charge in [0, 0.05) is 6.61 Å². The molecule has 0 aromatic heterocycles. The van der Waals surface area contributed by atoms with Crippen LogP contribution in [-0.2, 0) is 19.0 Å². The van der Waals surface area contributed by atoms with Gasteiger partial charge < -0.3 is 45.1 Å². The summed E-state index contributed by atoms with van der Waals surface area (Å²) in [5, 5.41) is 52.2. The Bertz CT molecular complexity index is 713. The number of hydrogen-bond acceptors (Lipinski definition) is 9. The maximum absolute atomic E-state index is 13.0. The van der Waals surface area contributed by atoms with Gasteiger partial charge in [-0.05, 0) is 12.8 Å². The van der Waals surface area contributed by atoms with E-state index < -0.39 is 50.0 Å². The lowest BCUT2D eigenvalue weighted by molar-refractivity contribution is -0.302. The molecule has 1 fully saturated rings. The third-order valence-corrected chi connectivity index (χ3v) is 9.29. The lowest BCUT2D eigenvalue weighted by Gasteiger charge is -2.39. The average Bonchev–Trinajstić information content (AvgIpc) is 3.07. The minimum Gasteiger partial charge on any atom is -0.394 e. The van der Waals surface area contributed by atoms with Crippen LogP contribution < -0.4 is 5.32 Å². The summed E-state index contributed by atoms with van der Waals surface area (Å²) < 4.78 is 17.1. The first-order valence-corrected chi connectivity index (χ1v) is 19.3. The quantitative estimate of drug-likeness (QED) is 0.0494. The third kappa shape index (κ3) is 21.8. The zero-order valence-electron chi connectivity index (χ0n) is 30.0. The molecule has 1 heterocycles. The van der Waals surface area contributed by atoms with Crippen LogP contribution in [0.1, 0.15) is 162 Å². The molecule has 0 aromatic rings. The van der Waals surface area contributed by atoms with Crippen LogP contribution >= 0.6 is 0 Å². The van der Waals surface area contributed by atoms with Crippen molar-refractivity contribution < 1.29 is 44.5 Å². The number of amides is 1. The van der Waals surface area contributed by atoms with Crippen LogP contribution in [0.15, 0.2) is 0 Å². The van der Waals surface area contributed by atoms with E-state index in [1.807, 2.05) is 0 Å². The van der Waals surface area contributed by atoms with Gasteiger partial charge in [0.2, 0.25) is 5.91 Å². The van der Waals surface area contributed by atoms with E-state index in [9.17, 15) is 30.3 Å². The van der Waals surface area contributed by atoms with Crippen LogP contribution in [-0.4, -0.2) is 101 Å². The molecule has 1 aliphatic heterocycles. The summed E-state index contributed by atoms with van der Waals surface area (Å²) in [7, 11) is 0. The monoisotopic (exact) mass is 676 g/mol. The molecule has 0 saturated carbocycles. The smallest absolute Gasteiger partial charge is 0.222 e. The number of rotatable bonds is 32. The summed E-state index contributed by atoms with van der Waals surface area (Å²) in [6, 6.07) is -0.764. The summed E-state index contributed by atoms with van der Waals surface area (Å²) in [5.41, 5.74) is 0. The first kappa shape index (κ1) is 44.2. The molecule has 0 aromatic carbocycles. The summed E-state index contributed by atoms with van der Waals surface area (Å²) in [4.78, 5) is 13.0. The lowest BCUT2D eigenvalue weighted by Crippen LogP contribution is -2.59. The summed E-state index contributed by atoms with van der Waals surface area (Å²) in [6.07, 6.45) is 20.3. The fraction of sp³-hybridized carbons (Fsp3) is 0.973. The van der Waals surface area contributed by atoms with Gasteiger partial charge in [0.05, 0.1) is 38.4 Å². The molecule has 1 saturated heterocycles. The first-order chi connectivity index (χ1) is 22.9. The molecular formula is C37H73NO9. The van der Waals surface area contributed by atoms with Crippen molar-refractivity contribution in [2.24, 2.45) is 0 Å². The zero-order chi connectivity index (χ0) is 34.5. The predicted molar refractivity (Wildman–Crippen MR) is 186 cm³/mol. The van der Waals surface area contributed by atoms with Crippen LogP contribution in [0.4, 0.5) is 0 Å². The Morgan fingerprint density at radius 1 is 0.681 bits per heavy atom. The minimum atomic E-state index is -1.56. The van der Waals surface area contributed by atoms with E-state index in [-0.39, 0.29) is 25.0 Å². The number of carbonyl (C=O) groups is 1. The van der Waals surface area contributed by atoms with Gasteiger partial charge >= 0.3 is 0 Å².